The smallest absolute Gasteiger partial charge is 0.239 e. The summed E-state index contributed by atoms with van der Waals surface area (Å²) in [5, 5.41) is 2.86. The summed E-state index contributed by atoms with van der Waals surface area (Å²) in [6, 6.07) is 5.07. The van der Waals surface area contributed by atoms with Crippen LogP contribution in [0.15, 0.2) is 18.2 Å². The van der Waals surface area contributed by atoms with Crippen LogP contribution in [0.2, 0.25) is 0 Å². The molecule has 132 valence electrons. The first kappa shape index (κ1) is 21.5. The highest BCUT2D eigenvalue weighted by Crippen LogP contribution is 2.32. The van der Waals surface area contributed by atoms with E-state index < -0.39 is 6.04 Å². The third-order valence-corrected chi connectivity index (χ3v) is 3.55. The Balaban J connectivity index is 0.00000484. The van der Waals surface area contributed by atoms with Crippen molar-refractivity contribution in [3.05, 3.63) is 23.8 Å². The standard InChI is InChI=1S/C16H26N2O4.ClH/c1-16(2,10-18-15(19)12(17)9-20-3)11-6-7-13(21-4)14(8-11)22-5;/h6-8,12H,9-10,17H2,1-5H3,(H,18,19);1H. The molecule has 0 bridgehead atoms. The summed E-state index contributed by atoms with van der Waals surface area (Å²) in [4.78, 5) is 11.9. The van der Waals surface area contributed by atoms with Gasteiger partial charge in [-0.25, -0.2) is 0 Å². The topological polar surface area (TPSA) is 82.8 Å². The molecule has 1 atom stereocenters. The van der Waals surface area contributed by atoms with Crippen LogP contribution in [0.3, 0.4) is 0 Å². The van der Waals surface area contributed by atoms with E-state index in [1.807, 2.05) is 32.0 Å². The quantitative estimate of drug-likeness (QED) is 0.745. The Morgan fingerprint density at radius 3 is 2.35 bits per heavy atom. The zero-order valence-corrected chi connectivity index (χ0v) is 15.2. The average molecular weight is 347 g/mol. The molecule has 1 aromatic rings. The minimum absolute atomic E-state index is 0. The highest BCUT2D eigenvalue weighted by Gasteiger charge is 2.24. The van der Waals surface area contributed by atoms with Crippen LogP contribution in [0.25, 0.3) is 0 Å². The number of rotatable bonds is 8. The van der Waals surface area contributed by atoms with Crippen LogP contribution in [0.4, 0.5) is 0 Å². The summed E-state index contributed by atoms with van der Waals surface area (Å²) in [7, 11) is 4.71. The van der Waals surface area contributed by atoms with E-state index in [1.165, 1.54) is 7.11 Å². The van der Waals surface area contributed by atoms with Crippen LogP contribution in [0.5, 0.6) is 11.5 Å². The first-order valence-corrected chi connectivity index (χ1v) is 7.10. The lowest BCUT2D eigenvalue weighted by atomic mass is 9.84. The van der Waals surface area contributed by atoms with Crippen molar-refractivity contribution in [1.29, 1.82) is 0 Å². The maximum atomic E-state index is 11.9. The van der Waals surface area contributed by atoms with E-state index in [4.69, 9.17) is 19.9 Å². The molecule has 1 rings (SSSR count). The van der Waals surface area contributed by atoms with Gasteiger partial charge in [0.15, 0.2) is 11.5 Å². The van der Waals surface area contributed by atoms with Crippen LogP contribution >= 0.6 is 12.4 Å². The summed E-state index contributed by atoms with van der Waals surface area (Å²) < 4.78 is 15.4. The molecule has 0 aliphatic heterocycles. The number of benzene rings is 1. The van der Waals surface area contributed by atoms with E-state index in [2.05, 4.69) is 5.32 Å². The van der Waals surface area contributed by atoms with Crippen molar-refractivity contribution in [1.82, 2.24) is 5.32 Å². The highest BCUT2D eigenvalue weighted by molar-refractivity contribution is 5.85. The number of hydrogen-bond donors (Lipinski definition) is 2. The molecule has 1 aromatic carbocycles. The second-order valence-electron chi connectivity index (χ2n) is 5.73. The van der Waals surface area contributed by atoms with Crippen LogP contribution in [-0.4, -0.2) is 46.4 Å². The zero-order valence-electron chi connectivity index (χ0n) is 14.3. The molecule has 0 heterocycles. The molecule has 1 unspecified atom stereocenters. The molecule has 7 heteroatoms. The summed E-state index contributed by atoms with van der Waals surface area (Å²) >= 11 is 0. The molecular weight excluding hydrogens is 320 g/mol. The van der Waals surface area contributed by atoms with E-state index in [1.54, 1.807) is 14.2 Å². The van der Waals surface area contributed by atoms with Crippen molar-refractivity contribution in [3.8, 4) is 11.5 Å². The predicted molar refractivity (Wildman–Crippen MR) is 92.7 cm³/mol. The number of halogens is 1. The van der Waals surface area contributed by atoms with Gasteiger partial charge in [-0.15, -0.1) is 12.4 Å². The summed E-state index contributed by atoms with van der Waals surface area (Å²) in [6.07, 6.45) is 0. The molecule has 0 fully saturated rings. The number of methoxy groups -OCH3 is 3. The zero-order chi connectivity index (χ0) is 16.8. The highest BCUT2D eigenvalue weighted by atomic mass is 35.5. The van der Waals surface area contributed by atoms with E-state index in [9.17, 15) is 4.79 Å². The van der Waals surface area contributed by atoms with Crippen molar-refractivity contribution >= 4 is 18.3 Å². The largest absolute Gasteiger partial charge is 0.493 e. The van der Waals surface area contributed by atoms with E-state index in [0.29, 0.717) is 18.0 Å². The minimum atomic E-state index is -0.661. The van der Waals surface area contributed by atoms with E-state index in [-0.39, 0.29) is 30.3 Å². The molecule has 0 spiro atoms. The summed E-state index contributed by atoms with van der Waals surface area (Å²) in [5.41, 5.74) is 6.46. The lowest BCUT2D eigenvalue weighted by molar-refractivity contribution is -0.123. The molecule has 0 saturated heterocycles. The molecule has 1 amide bonds. The maximum absolute atomic E-state index is 11.9. The first-order valence-electron chi connectivity index (χ1n) is 7.10. The SMILES string of the molecule is COCC(N)C(=O)NCC(C)(C)c1ccc(OC)c(OC)c1.Cl. The fourth-order valence-electron chi connectivity index (χ4n) is 2.05. The van der Waals surface area contributed by atoms with Crippen molar-refractivity contribution in [3.63, 3.8) is 0 Å². The number of carbonyl (C=O) groups excluding carboxylic acids is 1. The van der Waals surface area contributed by atoms with Gasteiger partial charge in [-0.2, -0.15) is 0 Å². The fourth-order valence-corrected chi connectivity index (χ4v) is 2.05. The predicted octanol–water partition coefficient (Wildman–Crippen LogP) is 1.49. The van der Waals surface area contributed by atoms with Crippen molar-refractivity contribution < 1.29 is 19.0 Å². The maximum Gasteiger partial charge on any atom is 0.239 e. The second kappa shape index (κ2) is 9.60. The normalized spacial score (nSPS) is 12.1. The van der Waals surface area contributed by atoms with E-state index >= 15 is 0 Å². The van der Waals surface area contributed by atoms with Gasteiger partial charge in [0.1, 0.15) is 6.04 Å². The van der Waals surface area contributed by atoms with Crippen molar-refractivity contribution in [2.75, 3.05) is 34.5 Å². The van der Waals surface area contributed by atoms with Crippen molar-refractivity contribution in [2.24, 2.45) is 5.73 Å². The third-order valence-electron chi connectivity index (χ3n) is 3.55. The van der Waals surface area contributed by atoms with Crippen molar-refractivity contribution in [2.45, 2.75) is 25.3 Å². The molecule has 23 heavy (non-hydrogen) atoms. The van der Waals surface area contributed by atoms with Crippen LogP contribution < -0.4 is 20.5 Å². The van der Waals surface area contributed by atoms with Gasteiger partial charge in [-0.3, -0.25) is 4.79 Å². The Kier molecular flexibility index (Phi) is 8.97. The van der Waals surface area contributed by atoms with Gasteiger partial charge < -0.3 is 25.3 Å². The van der Waals surface area contributed by atoms with Crippen LogP contribution in [0.1, 0.15) is 19.4 Å². The van der Waals surface area contributed by atoms with Gasteiger partial charge in [0.25, 0.3) is 0 Å². The molecule has 0 saturated carbocycles. The Hall–Kier alpha value is -1.50. The molecule has 6 nitrogen and oxygen atoms in total. The number of nitrogens with one attached hydrogen (secondary N) is 1. The number of nitrogens with two attached hydrogens (primary N) is 1. The Bertz CT molecular complexity index is 509. The number of hydrogen-bond acceptors (Lipinski definition) is 5. The number of carbonyl (C=O) groups is 1. The van der Waals surface area contributed by atoms with Gasteiger partial charge >= 0.3 is 0 Å². The summed E-state index contributed by atoms with van der Waals surface area (Å²) in [5.74, 6) is 1.11. The Labute approximate surface area is 144 Å². The molecule has 0 aliphatic carbocycles. The Morgan fingerprint density at radius 1 is 1.22 bits per heavy atom. The summed E-state index contributed by atoms with van der Waals surface area (Å²) in [6.45, 7) is 4.73. The fraction of sp³-hybridized carbons (Fsp3) is 0.562. The van der Waals surface area contributed by atoms with E-state index in [0.717, 1.165) is 5.56 Å². The van der Waals surface area contributed by atoms with Crippen LogP contribution in [0, 0.1) is 0 Å². The number of amides is 1. The molecule has 0 radical (unpaired) electrons. The molecule has 3 N–H and O–H groups in total. The lowest BCUT2D eigenvalue weighted by Crippen LogP contribution is -2.47. The van der Waals surface area contributed by atoms with Gasteiger partial charge in [0, 0.05) is 19.1 Å². The Morgan fingerprint density at radius 2 is 1.83 bits per heavy atom. The third kappa shape index (κ3) is 5.89. The molecule has 0 aliphatic rings. The van der Waals surface area contributed by atoms with Crippen LogP contribution in [-0.2, 0) is 14.9 Å². The lowest BCUT2D eigenvalue weighted by Gasteiger charge is -2.27. The van der Waals surface area contributed by atoms with Gasteiger partial charge in [-0.05, 0) is 17.7 Å². The van der Waals surface area contributed by atoms with Gasteiger partial charge in [0.2, 0.25) is 5.91 Å². The molecule has 0 aromatic heterocycles. The number of ether oxygens (including phenoxy) is 3. The second-order valence-corrected chi connectivity index (χ2v) is 5.73. The molecular formula is C16H27ClN2O4. The first-order chi connectivity index (χ1) is 10.4. The average Bonchev–Trinajstić information content (AvgIpc) is 2.52. The van der Waals surface area contributed by atoms with Gasteiger partial charge in [-0.1, -0.05) is 19.9 Å². The van der Waals surface area contributed by atoms with Gasteiger partial charge in [0.05, 0.1) is 20.8 Å². The minimum Gasteiger partial charge on any atom is -0.493 e. The monoisotopic (exact) mass is 346 g/mol.